The van der Waals surface area contributed by atoms with Crippen LogP contribution in [0, 0.1) is 0 Å². The second-order valence-corrected chi connectivity index (χ2v) is 9.26. The van der Waals surface area contributed by atoms with Gasteiger partial charge in [0.1, 0.15) is 0 Å². The van der Waals surface area contributed by atoms with Crippen molar-refractivity contribution in [2.45, 2.75) is 36.5 Å². The lowest BCUT2D eigenvalue weighted by atomic mass is 9.79. The van der Waals surface area contributed by atoms with Gasteiger partial charge in [0, 0.05) is 6.92 Å². The third-order valence-corrected chi connectivity index (χ3v) is 9.33. The van der Waals surface area contributed by atoms with Crippen LogP contribution in [0.1, 0.15) is 37.3 Å². The van der Waals surface area contributed by atoms with Gasteiger partial charge in [0.15, 0.2) is 0 Å². The first-order chi connectivity index (χ1) is 11.7. The summed E-state index contributed by atoms with van der Waals surface area (Å²) in [6, 6.07) is 21.5. The second kappa shape index (κ2) is 4.77. The molecular weight excluding hydrogens is 315 g/mol. The maximum atomic E-state index is 12.3. The molecule has 0 radical (unpaired) electrons. The smallest absolute Gasteiger partial charge is 0.242 e. The average molecular weight is 334 g/mol. The zero-order valence-corrected chi connectivity index (χ0v) is 14.5. The fourth-order valence-electron chi connectivity index (χ4n) is 4.93. The highest BCUT2D eigenvalue weighted by Gasteiger charge is 2.86. The fourth-order valence-corrected chi connectivity index (χ4v) is 8.99. The molecule has 1 saturated carbocycles. The summed E-state index contributed by atoms with van der Waals surface area (Å²) in [5.74, 6) is 0.0797. The zero-order chi connectivity index (χ0) is 16.4. The van der Waals surface area contributed by atoms with Crippen molar-refractivity contribution in [3.63, 3.8) is 0 Å². The van der Waals surface area contributed by atoms with Gasteiger partial charge in [-0.2, -0.15) is 5.10 Å². The molecule has 2 aromatic carbocycles. The van der Waals surface area contributed by atoms with E-state index in [0.29, 0.717) is 0 Å². The number of benzene rings is 2. The minimum Gasteiger partial charge on any atom is -0.273 e. The monoisotopic (exact) mass is 334 g/mol. The van der Waals surface area contributed by atoms with Gasteiger partial charge in [-0.1, -0.05) is 60.7 Å². The number of hydrogen-bond acceptors (Lipinski definition) is 2. The molecule has 1 aliphatic carbocycles. The number of nitrogens with zero attached hydrogens (tertiary/aromatic N) is 2. The molecule has 0 N–H and O–H groups in total. The molecule has 1 spiro atoms. The summed E-state index contributed by atoms with van der Waals surface area (Å²) in [4.78, 5) is 12.3. The Labute approximate surface area is 143 Å². The molecule has 2 heterocycles. The lowest BCUT2D eigenvalue weighted by Gasteiger charge is -2.26. The van der Waals surface area contributed by atoms with Crippen molar-refractivity contribution < 1.29 is 4.79 Å². The first kappa shape index (κ1) is 14.4. The lowest BCUT2D eigenvalue weighted by Crippen LogP contribution is -2.30. The molecule has 1 saturated heterocycles. The Morgan fingerprint density at radius 3 is 2.17 bits per heavy atom. The van der Waals surface area contributed by atoms with Crippen molar-refractivity contribution in [3.8, 4) is 0 Å². The molecule has 120 valence electrons. The highest BCUT2D eigenvalue weighted by Crippen LogP contribution is 2.96. The molecule has 0 aromatic heterocycles. The highest BCUT2D eigenvalue weighted by atomic mass is 31.1. The Balaban J connectivity index is 1.79. The van der Waals surface area contributed by atoms with Crippen molar-refractivity contribution in [2.75, 3.05) is 0 Å². The molecule has 4 heteroatoms. The van der Waals surface area contributed by atoms with Crippen molar-refractivity contribution in [2.24, 2.45) is 5.10 Å². The summed E-state index contributed by atoms with van der Waals surface area (Å²) in [7, 11) is -0.683. The van der Waals surface area contributed by atoms with Crippen LogP contribution >= 0.6 is 8.07 Å². The summed E-state index contributed by atoms with van der Waals surface area (Å²) in [5, 5.41) is 4.73. The molecular formula is C20H19N2OP. The first-order valence-electron chi connectivity index (χ1n) is 8.53. The van der Waals surface area contributed by atoms with Crippen molar-refractivity contribution in [1.82, 2.24) is 4.78 Å². The van der Waals surface area contributed by atoms with Crippen LogP contribution in [0.15, 0.2) is 65.8 Å². The van der Waals surface area contributed by atoms with E-state index in [1.165, 1.54) is 23.3 Å². The maximum absolute atomic E-state index is 12.3. The van der Waals surface area contributed by atoms with E-state index < -0.39 is 8.07 Å². The molecule has 3 nitrogen and oxygen atoms in total. The van der Waals surface area contributed by atoms with Crippen LogP contribution in [-0.4, -0.2) is 21.6 Å². The topological polar surface area (TPSA) is 32.7 Å². The second-order valence-electron chi connectivity index (χ2n) is 6.82. The van der Waals surface area contributed by atoms with Gasteiger partial charge in [-0.25, -0.2) is 4.78 Å². The van der Waals surface area contributed by atoms with E-state index in [0.717, 1.165) is 12.8 Å². The van der Waals surface area contributed by atoms with Gasteiger partial charge in [-0.3, -0.25) is 4.79 Å². The van der Waals surface area contributed by atoms with Gasteiger partial charge >= 0.3 is 0 Å². The highest BCUT2D eigenvalue weighted by molar-refractivity contribution is 7.70. The van der Waals surface area contributed by atoms with Gasteiger partial charge in [0.25, 0.3) is 0 Å². The SMILES string of the molecule is CC(=O)N1N=C2CCCC23P1C3(c1ccccc1)c1ccccc1. The van der Waals surface area contributed by atoms with Crippen LogP contribution < -0.4 is 0 Å². The summed E-state index contributed by atoms with van der Waals surface area (Å²) >= 11 is 0. The first-order valence-corrected chi connectivity index (χ1v) is 9.82. The minimum absolute atomic E-state index is 0.0662. The van der Waals surface area contributed by atoms with Gasteiger partial charge in [-0.05, 0) is 30.4 Å². The molecule has 3 aliphatic rings. The zero-order valence-electron chi connectivity index (χ0n) is 13.6. The lowest BCUT2D eigenvalue weighted by molar-refractivity contribution is -0.124. The number of carbonyl (C=O) groups is 1. The molecule has 2 aliphatic heterocycles. The number of amides is 1. The van der Waals surface area contributed by atoms with Crippen molar-refractivity contribution >= 4 is 19.7 Å². The van der Waals surface area contributed by atoms with E-state index in [1.807, 2.05) is 4.78 Å². The Hall–Kier alpha value is -1.99. The maximum Gasteiger partial charge on any atom is 0.242 e. The summed E-state index contributed by atoms with van der Waals surface area (Å²) in [6.45, 7) is 1.65. The summed E-state index contributed by atoms with van der Waals surface area (Å²) < 4.78 is 1.84. The Bertz CT molecular complexity index is 809. The van der Waals surface area contributed by atoms with Crippen LogP contribution in [0.5, 0.6) is 0 Å². The molecule has 5 rings (SSSR count). The quantitative estimate of drug-likeness (QED) is 0.745. The van der Waals surface area contributed by atoms with Gasteiger partial charge in [0.2, 0.25) is 5.91 Å². The van der Waals surface area contributed by atoms with E-state index in [4.69, 9.17) is 5.10 Å². The van der Waals surface area contributed by atoms with Crippen molar-refractivity contribution in [1.29, 1.82) is 0 Å². The number of hydrazone groups is 1. The Kier molecular flexibility index (Phi) is 2.85. The van der Waals surface area contributed by atoms with Gasteiger partial charge in [-0.15, -0.1) is 0 Å². The van der Waals surface area contributed by atoms with Crippen LogP contribution in [0.4, 0.5) is 0 Å². The Morgan fingerprint density at radius 2 is 1.62 bits per heavy atom. The van der Waals surface area contributed by atoms with E-state index in [1.54, 1.807) is 6.92 Å². The van der Waals surface area contributed by atoms with Crippen LogP contribution in [0.3, 0.4) is 0 Å². The Morgan fingerprint density at radius 1 is 1.04 bits per heavy atom. The number of hydrogen-bond donors (Lipinski definition) is 0. The predicted molar refractivity (Wildman–Crippen MR) is 97.1 cm³/mol. The minimum atomic E-state index is -0.683. The molecule has 2 atom stereocenters. The van der Waals surface area contributed by atoms with Gasteiger partial charge in [0.05, 0.1) is 24.1 Å². The molecule has 24 heavy (non-hydrogen) atoms. The molecule has 2 fully saturated rings. The van der Waals surface area contributed by atoms with Crippen LogP contribution in [0.2, 0.25) is 0 Å². The van der Waals surface area contributed by atoms with E-state index in [-0.39, 0.29) is 16.2 Å². The largest absolute Gasteiger partial charge is 0.273 e. The van der Waals surface area contributed by atoms with Crippen LogP contribution in [0.25, 0.3) is 0 Å². The molecule has 0 bridgehead atoms. The predicted octanol–water partition coefficient (Wildman–Crippen LogP) is 4.48. The van der Waals surface area contributed by atoms with E-state index >= 15 is 0 Å². The van der Waals surface area contributed by atoms with Crippen LogP contribution in [-0.2, 0) is 9.95 Å². The third-order valence-electron chi connectivity index (χ3n) is 5.73. The normalized spacial score (nSPS) is 29.0. The third kappa shape index (κ3) is 1.48. The van der Waals surface area contributed by atoms with Crippen molar-refractivity contribution in [3.05, 3.63) is 71.8 Å². The summed E-state index contributed by atoms with van der Waals surface area (Å²) in [6.07, 6.45) is 3.36. The molecule has 2 aromatic rings. The van der Waals surface area contributed by atoms with Gasteiger partial charge < -0.3 is 0 Å². The number of rotatable bonds is 2. The average Bonchev–Trinajstić information content (AvgIpc) is 2.87. The van der Waals surface area contributed by atoms with E-state index in [9.17, 15) is 4.79 Å². The molecule has 2 unspecified atom stereocenters. The number of carbonyl (C=O) groups excluding carboxylic acids is 1. The standard InChI is InChI=1S/C20H19N2OP/c1-15(23)22-21-18-13-8-14-19(18)20(24(19)22,16-9-4-2-5-10-16)17-11-6-3-7-12-17/h2-7,9-12H,8,13-14H2,1H3. The van der Waals surface area contributed by atoms with E-state index in [2.05, 4.69) is 60.7 Å². The summed E-state index contributed by atoms with van der Waals surface area (Å²) in [5.41, 5.74) is 3.93. The molecule has 1 amide bonds. The fraction of sp³-hybridized carbons (Fsp3) is 0.300.